The van der Waals surface area contributed by atoms with Crippen molar-refractivity contribution in [1.82, 2.24) is 4.90 Å². The van der Waals surface area contributed by atoms with Crippen LogP contribution in [-0.2, 0) is 11.3 Å². The van der Waals surface area contributed by atoms with Gasteiger partial charge in [-0.05, 0) is 78.6 Å². The standard InChI is InChI=1S/C22H21FN2O2S/c1-15-12-19(24-10-2-3-11-24)9-6-17(15)13-20-21(26)25(22(27)28-20)14-16-4-7-18(23)8-5-16/h4-9,12-13H,2-3,10-11,14H2,1H3/b20-13-. The number of carbonyl (C=O) groups is 2. The zero-order valence-electron chi connectivity index (χ0n) is 15.7. The summed E-state index contributed by atoms with van der Waals surface area (Å²) in [5.41, 5.74) is 3.94. The van der Waals surface area contributed by atoms with Gasteiger partial charge in [-0.3, -0.25) is 14.5 Å². The lowest BCUT2D eigenvalue weighted by molar-refractivity contribution is -0.123. The van der Waals surface area contributed by atoms with E-state index in [9.17, 15) is 14.0 Å². The Kier molecular flexibility index (Phi) is 5.22. The second kappa shape index (κ2) is 7.80. The molecule has 2 fully saturated rings. The van der Waals surface area contributed by atoms with Crippen molar-refractivity contribution >= 4 is 34.7 Å². The zero-order valence-corrected chi connectivity index (χ0v) is 16.5. The SMILES string of the molecule is Cc1cc(N2CCCC2)ccc1/C=C1\SC(=O)N(Cc2ccc(F)cc2)C1=O. The van der Waals surface area contributed by atoms with Gasteiger partial charge in [0.2, 0.25) is 0 Å². The van der Waals surface area contributed by atoms with Gasteiger partial charge in [0, 0.05) is 18.8 Å². The second-order valence-corrected chi connectivity index (χ2v) is 8.12. The minimum absolute atomic E-state index is 0.148. The lowest BCUT2D eigenvalue weighted by Crippen LogP contribution is -2.27. The van der Waals surface area contributed by atoms with Crippen molar-refractivity contribution in [2.45, 2.75) is 26.3 Å². The van der Waals surface area contributed by atoms with Crippen LogP contribution in [0.15, 0.2) is 47.4 Å². The Morgan fingerprint density at radius 2 is 1.79 bits per heavy atom. The van der Waals surface area contributed by atoms with Crippen LogP contribution in [0.4, 0.5) is 14.9 Å². The highest BCUT2D eigenvalue weighted by molar-refractivity contribution is 8.18. The molecule has 0 unspecified atom stereocenters. The summed E-state index contributed by atoms with van der Waals surface area (Å²) in [7, 11) is 0. The highest BCUT2D eigenvalue weighted by Gasteiger charge is 2.35. The summed E-state index contributed by atoms with van der Waals surface area (Å²) in [5, 5.41) is -0.299. The Hall–Kier alpha value is -2.60. The van der Waals surface area contributed by atoms with E-state index in [1.807, 2.05) is 13.0 Å². The molecule has 2 aromatic rings. The molecule has 4 rings (SSSR count). The minimum Gasteiger partial charge on any atom is -0.372 e. The molecule has 0 N–H and O–H groups in total. The molecule has 0 spiro atoms. The van der Waals surface area contributed by atoms with Crippen molar-refractivity contribution in [2.75, 3.05) is 18.0 Å². The molecule has 2 aliphatic heterocycles. The number of hydrogen-bond donors (Lipinski definition) is 0. The number of aryl methyl sites for hydroxylation is 1. The molecule has 6 heteroatoms. The molecule has 2 saturated heterocycles. The van der Waals surface area contributed by atoms with Crippen molar-refractivity contribution in [2.24, 2.45) is 0 Å². The third-order valence-corrected chi connectivity index (χ3v) is 6.05. The van der Waals surface area contributed by atoms with Gasteiger partial charge in [-0.2, -0.15) is 0 Å². The van der Waals surface area contributed by atoms with Crippen LogP contribution in [0.25, 0.3) is 6.08 Å². The number of thioether (sulfide) groups is 1. The first-order valence-corrected chi connectivity index (χ1v) is 10.2. The largest absolute Gasteiger partial charge is 0.372 e. The predicted molar refractivity (Wildman–Crippen MR) is 111 cm³/mol. The average molecular weight is 396 g/mol. The van der Waals surface area contributed by atoms with Gasteiger partial charge in [0.15, 0.2) is 0 Å². The summed E-state index contributed by atoms with van der Waals surface area (Å²) in [6, 6.07) is 12.1. The zero-order chi connectivity index (χ0) is 19.7. The van der Waals surface area contributed by atoms with Crippen LogP contribution in [0.3, 0.4) is 0 Å². The topological polar surface area (TPSA) is 40.6 Å². The molecule has 0 bridgehead atoms. The van der Waals surface area contributed by atoms with Gasteiger partial charge < -0.3 is 4.90 Å². The average Bonchev–Trinajstić information content (AvgIpc) is 3.30. The van der Waals surface area contributed by atoms with Crippen molar-refractivity contribution < 1.29 is 14.0 Å². The predicted octanol–water partition coefficient (Wildman–Crippen LogP) is 4.97. The van der Waals surface area contributed by atoms with Gasteiger partial charge in [0.25, 0.3) is 11.1 Å². The number of imide groups is 1. The molecular weight excluding hydrogens is 375 g/mol. The molecule has 0 aliphatic carbocycles. The van der Waals surface area contributed by atoms with E-state index in [4.69, 9.17) is 0 Å². The molecule has 0 saturated carbocycles. The summed E-state index contributed by atoms with van der Waals surface area (Å²) in [4.78, 5) is 29.0. The number of hydrogen-bond acceptors (Lipinski definition) is 4. The number of anilines is 1. The first-order chi connectivity index (χ1) is 13.5. The van der Waals surface area contributed by atoms with Crippen LogP contribution in [-0.4, -0.2) is 29.1 Å². The van der Waals surface area contributed by atoms with Crippen molar-refractivity contribution in [3.05, 3.63) is 69.9 Å². The Bertz CT molecular complexity index is 950. The van der Waals surface area contributed by atoms with Gasteiger partial charge in [0.1, 0.15) is 5.82 Å². The minimum atomic E-state index is -0.342. The number of benzene rings is 2. The molecule has 144 valence electrons. The van der Waals surface area contributed by atoms with Gasteiger partial charge in [-0.15, -0.1) is 0 Å². The first kappa shape index (κ1) is 18.7. The van der Waals surface area contributed by atoms with Crippen LogP contribution < -0.4 is 4.90 Å². The third kappa shape index (κ3) is 3.83. The van der Waals surface area contributed by atoms with Crippen molar-refractivity contribution in [1.29, 1.82) is 0 Å². The van der Waals surface area contributed by atoms with Crippen LogP contribution in [0.1, 0.15) is 29.5 Å². The van der Waals surface area contributed by atoms with E-state index in [1.54, 1.807) is 18.2 Å². The van der Waals surface area contributed by atoms with Gasteiger partial charge in [-0.25, -0.2) is 4.39 Å². The molecule has 4 nitrogen and oxygen atoms in total. The van der Waals surface area contributed by atoms with E-state index >= 15 is 0 Å². The maximum absolute atomic E-state index is 13.1. The van der Waals surface area contributed by atoms with Crippen LogP contribution in [0.2, 0.25) is 0 Å². The maximum Gasteiger partial charge on any atom is 0.293 e. The van der Waals surface area contributed by atoms with E-state index in [-0.39, 0.29) is 23.5 Å². The molecule has 28 heavy (non-hydrogen) atoms. The molecule has 2 aliphatic rings. The van der Waals surface area contributed by atoms with Gasteiger partial charge in [-0.1, -0.05) is 18.2 Å². The van der Waals surface area contributed by atoms with E-state index < -0.39 is 0 Å². The normalized spacial score (nSPS) is 18.6. The number of carbonyl (C=O) groups excluding carboxylic acids is 2. The number of amides is 2. The van der Waals surface area contributed by atoms with E-state index in [0.717, 1.165) is 41.5 Å². The molecule has 2 amide bonds. The Morgan fingerprint density at radius 3 is 2.46 bits per heavy atom. The number of halogens is 1. The van der Waals surface area contributed by atoms with Gasteiger partial charge >= 0.3 is 0 Å². The monoisotopic (exact) mass is 396 g/mol. The van der Waals surface area contributed by atoms with E-state index in [1.165, 1.54) is 35.6 Å². The van der Waals surface area contributed by atoms with Crippen LogP contribution in [0.5, 0.6) is 0 Å². The summed E-state index contributed by atoms with van der Waals surface area (Å²) in [6.45, 7) is 4.34. The fourth-order valence-corrected chi connectivity index (χ4v) is 4.37. The molecular formula is C22H21FN2O2S. The lowest BCUT2D eigenvalue weighted by Gasteiger charge is -2.18. The molecule has 2 aromatic carbocycles. The van der Waals surface area contributed by atoms with Crippen LogP contribution in [0, 0.1) is 12.7 Å². The Balaban J connectivity index is 1.52. The van der Waals surface area contributed by atoms with E-state index in [2.05, 4.69) is 17.0 Å². The van der Waals surface area contributed by atoms with Crippen molar-refractivity contribution in [3.63, 3.8) is 0 Å². The summed E-state index contributed by atoms with van der Waals surface area (Å²) < 4.78 is 13.1. The quantitative estimate of drug-likeness (QED) is 0.684. The summed E-state index contributed by atoms with van der Waals surface area (Å²) in [5.74, 6) is -0.645. The third-order valence-electron chi connectivity index (χ3n) is 5.14. The fraction of sp³-hybridized carbons (Fsp3) is 0.273. The van der Waals surface area contributed by atoms with E-state index in [0.29, 0.717) is 4.91 Å². The molecule has 2 heterocycles. The summed E-state index contributed by atoms with van der Waals surface area (Å²) >= 11 is 0.951. The maximum atomic E-state index is 13.1. The Labute approximate surface area is 168 Å². The van der Waals surface area contributed by atoms with Crippen molar-refractivity contribution in [3.8, 4) is 0 Å². The van der Waals surface area contributed by atoms with Gasteiger partial charge in [0.05, 0.1) is 11.4 Å². The fourth-order valence-electron chi connectivity index (χ4n) is 3.54. The highest BCUT2D eigenvalue weighted by atomic mass is 32.2. The molecule has 0 aromatic heterocycles. The summed E-state index contributed by atoms with van der Waals surface area (Å²) in [6.07, 6.45) is 4.24. The molecule has 0 atom stereocenters. The smallest absolute Gasteiger partial charge is 0.293 e. The lowest BCUT2D eigenvalue weighted by atomic mass is 10.1. The van der Waals surface area contributed by atoms with Crippen LogP contribution >= 0.6 is 11.8 Å². The number of nitrogens with zero attached hydrogens (tertiary/aromatic N) is 2. The molecule has 0 radical (unpaired) electrons. The highest BCUT2D eigenvalue weighted by Crippen LogP contribution is 2.34. The second-order valence-electron chi connectivity index (χ2n) is 7.13. The first-order valence-electron chi connectivity index (χ1n) is 9.37. The Morgan fingerprint density at radius 1 is 1.07 bits per heavy atom. The number of rotatable bonds is 4.